The van der Waals surface area contributed by atoms with Crippen molar-refractivity contribution in [1.82, 2.24) is 14.9 Å². The highest BCUT2D eigenvalue weighted by Gasteiger charge is 2.00. The molecule has 4 nitrogen and oxygen atoms in total. The molecule has 4 heteroatoms. The second-order valence-electron chi connectivity index (χ2n) is 2.85. The van der Waals surface area contributed by atoms with Crippen LogP contribution in [0.15, 0.2) is 12.4 Å². The van der Waals surface area contributed by atoms with E-state index >= 15 is 0 Å². The number of aromatic amines is 1. The minimum atomic E-state index is 0.252. The second kappa shape index (κ2) is 4.90. The maximum absolute atomic E-state index is 8.59. The summed E-state index contributed by atoms with van der Waals surface area (Å²) in [6.45, 7) is 1.96. The van der Waals surface area contributed by atoms with Gasteiger partial charge in [-0.3, -0.25) is 4.90 Å². The van der Waals surface area contributed by atoms with E-state index in [4.69, 9.17) is 5.11 Å². The molecule has 1 heterocycles. The number of aliphatic hydroxyl groups excluding tert-OH is 1. The first-order valence-corrected chi connectivity index (χ1v) is 4.10. The molecule has 0 aliphatic heterocycles. The summed E-state index contributed by atoms with van der Waals surface area (Å²) in [4.78, 5) is 9.25. The van der Waals surface area contributed by atoms with Gasteiger partial charge in [0.2, 0.25) is 0 Å². The van der Waals surface area contributed by atoms with Crippen LogP contribution >= 0.6 is 0 Å². The lowest BCUT2D eigenvalue weighted by Crippen LogP contribution is -2.20. The van der Waals surface area contributed by atoms with Crippen LogP contribution in [0.5, 0.6) is 0 Å². The summed E-state index contributed by atoms with van der Waals surface area (Å²) in [7, 11) is 2.01. The number of aliphatic hydroxyl groups is 1. The molecule has 0 aliphatic rings. The third-order valence-corrected chi connectivity index (χ3v) is 1.67. The van der Waals surface area contributed by atoms with Crippen molar-refractivity contribution < 1.29 is 5.11 Å². The molecule has 1 aromatic rings. The van der Waals surface area contributed by atoms with Gasteiger partial charge in [0.15, 0.2) is 0 Å². The van der Waals surface area contributed by atoms with Gasteiger partial charge in [-0.25, -0.2) is 4.98 Å². The summed E-state index contributed by atoms with van der Waals surface area (Å²) in [6, 6.07) is 0. The third-order valence-electron chi connectivity index (χ3n) is 1.67. The van der Waals surface area contributed by atoms with E-state index in [0.29, 0.717) is 0 Å². The Morgan fingerprint density at radius 1 is 1.67 bits per heavy atom. The normalized spacial score (nSPS) is 10.9. The van der Waals surface area contributed by atoms with Gasteiger partial charge in [0.05, 0.1) is 6.54 Å². The van der Waals surface area contributed by atoms with Crippen molar-refractivity contribution in [3.63, 3.8) is 0 Å². The predicted molar refractivity (Wildman–Crippen MR) is 46.6 cm³/mol. The lowest BCUT2D eigenvalue weighted by atomic mass is 10.4. The molecule has 0 saturated carbocycles. The van der Waals surface area contributed by atoms with Crippen LogP contribution in [0.1, 0.15) is 12.2 Å². The van der Waals surface area contributed by atoms with Crippen LogP contribution in [0.4, 0.5) is 0 Å². The van der Waals surface area contributed by atoms with Crippen molar-refractivity contribution in [2.24, 2.45) is 0 Å². The molecule has 0 fully saturated rings. The number of aromatic nitrogens is 2. The van der Waals surface area contributed by atoms with Crippen molar-refractivity contribution in [3.8, 4) is 0 Å². The first kappa shape index (κ1) is 9.22. The molecule has 12 heavy (non-hydrogen) atoms. The molecule has 2 N–H and O–H groups in total. The fourth-order valence-corrected chi connectivity index (χ4v) is 1.06. The van der Waals surface area contributed by atoms with E-state index in [1.807, 2.05) is 13.2 Å². The average molecular weight is 169 g/mol. The van der Waals surface area contributed by atoms with Crippen LogP contribution in [0, 0.1) is 0 Å². The molecule has 0 radical (unpaired) electrons. The summed E-state index contributed by atoms with van der Waals surface area (Å²) in [6.07, 6.45) is 4.38. The SMILES string of the molecule is CN(CCCO)Cc1ncc[nH]1. The molecule has 1 aromatic heterocycles. The zero-order chi connectivity index (χ0) is 8.81. The zero-order valence-corrected chi connectivity index (χ0v) is 7.32. The van der Waals surface area contributed by atoms with Gasteiger partial charge in [-0.2, -0.15) is 0 Å². The Kier molecular flexibility index (Phi) is 3.76. The molecule has 0 aromatic carbocycles. The van der Waals surface area contributed by atoms with Crippen molar-refractivity contribution in [3.05, 3.63) is 18.2 Å². The van der Waals surface area contributed by atoms with Crippen molar-refractivity contribution in [1.29, 1.82) is 0 Å². The summed E-state index contributed by atoms with van der Waals surface area (Å²) >= 11 is 0. The van der Waals surface area contributed by atoms with E-state index in [1.54, 1.807) is 6.20 Å². The van der Waals surface area contributed by atoms with Crippen LogP contribution in [0.25, 0.3) is 0 Å². The summed E-state index contributed by atoms with van der Waals surface area (Å²) in [5, 5.41) is 8.59. The molecule has 1 rings (SSSR count). The molecular weight excluding hydrogens is 154 g/mol. The van der Waals surface area contributed by atoms with E-state index in [0.717, 1.165) is 25.3 Å². The van der Waals surface area contributed by atoms with Gasteiger partial charge in [-0.1, -0.05) is 0 Å². The maximum atomic E-state index is 8.59. The summed E-state index contributed by atoms with van der Waals surface area (Å²) in [5.74, 6) is 0.968. The van der Waals surface area contributed by atoms with Crippen LogP contribution in [-0.4, -0.2) is 40.2 Å². The second-order valence-corrected chi connectivity index (χ2v) is 2.85. The highest BCUT2D eigenvalue weighted by atomic mass is 16.3. The van der Waals surface area contributed by atoms with Gasteiger partial charge in [0.1, 0.15) is 5.82 Å². The molecule has 0 amide bonds. The molecule has 0 atom stereocenters. The van der Waals surface area contributed by atoms with Gasteiger partial charge < -0.3 is 10.1 Å². The largest absolute Gasteiger partial charge is 0.396 e. The summed E-state index contributed by atoms with van der Waals surface area (Å²) in [5.41, 5.74) is 0. The number of nitrogens with zero attached hydrogens (tertiary/aromatic N) is 2. The van der Waals surface area contributed by atoms with Crippen LogP contribution < -0.4 is 0 Å². The first-order chi connectivity index (χ1) is 5.83. The first-order valence-electron chi connectivity index (χ1n) is 4.10. The Morgan fingerprint density at radius 2 is 2.50 bits per heavy atom. The molecular formula is C8H15N3O. The van der Waals surface area contributed by atoms with E-state index in [9.17, 15) is 0 Å². The minimum Gasteiger partial charge on any atom is -0.396 e. The van der Waals surface area contributed by atoms with Gasteiger partial charge >= 0.3 is 0 Å². The van der Waals surface area contributed by atoms with Crippen LogP contribution in [-0.2, 0) is 6.54 Å². The van der Waals surface area contributed by atoms with E-state index in [-0.39, 0.29) is 6.61 Å². The lowest BCUT2D eigenvalue weighted by molar-refractivity contribution is 0.242. The number of H-pyrrole nitrogens is 1. The van der Waals surface area contributed by atoms with Crippen molar-refractivity contribution in [2.45, 2.75) is 13.0 Å². The van der Waals surface area contributed by atoms with Crippen molar-refractivity contribution >= 4 is 0 Å². The number of rotatable bonds is 5. The Labute approximate surface area is 72.2 Å². The summed E-state index contributed by atoms with van der Waals surface area (Å²) < 4.78 is 0. The quantitative estimate of drug-likeness (QED) is 0.663. The Hall–Kier alpha value is -0.870. The fourth-order valence-electron chi connectivity index (χ4n) is 1.06. The van der Waals surface area contributed by atoms with Gasteiger partial charge in [0, 0.05) is 25.5 Å². The number of hydrogen-bond donors (Lipinski definition) is 2. The van der Waals surface area contributed by atoms with E-state index in [2.05, 4.69) is 14.9 Å². The Balaban J connectivity index is 2.22. The van der Waals surface area contributed by atoms with E-state index < -0.39 is 0 Å². The third kappa shape index (κ3) is 3.02. The minimum absolute atomic E-state index is 0.252. The fraction of sp³-hybridized carbons (Fsp3) is 0.625. The smallest absolute Gasteiger partial charge is 0.120 e. The molecule has 0 bridgehead atoms. The highest BCUT2D eigenvalue weighted by molar-refractivity contribution is 4.86. The maximum Gasteiger partial charge on any atom is 0.120 e. The Bertz CT molecular complexity index is 198. The topological polar surface area (TPSA) is 52.1 Å². The lowest BCUT2D eigenvalue weighted by Gasteiger charge is -2.13. The number of nitrogens with one attached hydrogen (secondary N) is 1. The van der Waals surface area contributed by atoms with Crippen molar-refractivity contribution in [2.75, 3.05) is 20.2 Å². The Morgan fingerprint density at radius 3 is 3.08 bits per heavy atom. The van der Waals surface area contributed by atoms with Crippen LogP contribution in [0.3, 0.4) is 0 Å². The van der Waals surface area contributed by atoms with Crippen LogP contribution in [0.2, 0.25) is 0 Å². The molecule has 68 valence electrons. The van der Waals surface area contributed by atoms with Gasteiger partial charge in [-0.15, -0.1) is 0 Å². The van der Waals surface area contributed by atoms with Gasteiger partial charge in [0.25, 0.3) is 0 Å². The molecule has 0 spiro atoms. The molecule has 0 unspecified atom stereocenters. The molecule has 0 aliphatic carbocycles. The zero-order valence-electron chi connectivity index (χ0n) is 7.32. The standard InChI is InChI=1S/C8H15N3O/c1-11(5-2-6-12)7-8-9-3-4-10-8/h3-4,12H,2,5-7H2,1H3,(H,9,10). The van der Waals surface area contributed by atoms with Gasteiger partial charge in [-0.05, 0) is 13.5 Å². The number of imidazole rings is 1. The number of hydrogen-bond acceptors (Lipinski definition) is 3. The average Bonchev–Trinajstić information content (AvgIpc) is 2.53. The van der Waals surface area contributed by atoms with E-state index in [1.165, 1.54) is 0 Å². The molecule has 0 saturated heterocycles. The predicted octanol–water partition coefficient (Wildman–Crippen LogP) is 0.224. The monoisotopic (exact) mass is 169 g/mol. The highest BCUT2D eigenvalue weighted by Crippen LogP contribution is 1.95.